The highest BCUT2D eigenvalue weighted by Gasteiger charge is 2.24. The molecular formula is C14H15BrN2O2S. The zero-order chi connectivity index (χ0) is 14.5. The van der Waals surface area contributed by atoms with Crippen molar-refractivity contribution in [1.29, 1.82) is 0 Å². The van der Waals surface area contributed by atoms with Crippen molar-refractivity contribution < 1.29 is 9.90 Å². The maximum Gasteiger partial charge on any atom is 0.313 e. The van der Waals surface area contributed by atoms with Crippen LogP contribution >= 0.6 is 27.5 Å². The van der Waals surface area contributed by atoms with Crippen molar-refractivity contribution in [3.05, 3.63) is 45.1 Å². The second kappa shape index (κ2) is 6.95. The molecule has 0 bridgehead atoms. The Morgan fingerprint density at radius 2 is 2.30 bits per heavy atom. The highest BCUT2D eigenvalue weighted by atomic mass is 79.9. The third-order valence-corrected chi connectivity index (χ3v) is 4.24. The number of carboxylic acid groups (broad SMARTS) is 1. The summed E-state index contributed by atoms with van der Waals surface area (Å²) < 4.78 is 5.17. The summed E-state index contributed by atoms with van der Waals surface area (Å²) in [5.74, 6) is -0.746. The monoisotopic (exact) mass is 354 g/mol. The van der Waals surface area contributed by atoms with E-state index in [-0.39, 0.29) is 0 Å². The molecule has 0 aliphatic carbocycles. The second-order valence-corrected chi connectivity index (χ2v) is 6.22. The van der Waals surface area contributed by atoms with E-state index in [1.165, 1.54) is 11.5 Å². The van der Waals surface area contributed by atoms with Crippen LogP contribution in [0.15, 0.2) is 28.7 Å². The number of nitrogens with zero attached hydrogens (tertiary/aromatic N) is 2. The highest BCUT2D eigenvalue weighted by molar-refractivity contribution is 9.10. The van der Waals surface area contributed by atoms with E-state index >= 15 is 0 Å². The lowest BCUT2D eigenvalue weighted by Crippen LogP contribution is -2.14. The minimum absolute atomic E-state index is 0.426. The van der Waals surface area contributed by atoms with E-state index in [0.29, 0.717) is 11.4 Å². The van der Waals surface area contributed by atoms with Gasteiger partial charge in [-0.15, -0.1) is 0 Å². The van der Waals surface area contributed by atoms with Gasteiger partial charge in [-0.1, -0.05) is 35.0 Å². The molecule has 0 radical (unpaired) electrons. The topological polar surface area (TPSA) is 63.1 Å². The van der Waals surface area contributed by atoms with Gasteiger partial charge in [0.1, 0.15) is 16.7 Å². The van der Waals surface area contributed by atoms with Gasteiger partial charge in [-0.05, 0) is 42.1 Å². The molecule has 1 heterocycles. The molecule has 0 aliphatic rings. The summed E-state index contributed by atoms with van der Waals surface area (Å²) in [5.41, 5.74) is 0.971. The number of hydrogen-bond acceptors (Lipinski definition) is 4. The molecular weight excluding hydrogens is 340 g/mol. The van der Waals surface area contributed by atoms with E-state index < -0.39 is 11.9 Å². The van der Waals surface area contributed by atoms with Crippen molar-refractivity contribution >= 4 is 33.4 Å². The number of halogens is 1. The Kier molecular flexibility index (Phi) is 5.25. The fraction of sp³-hybridized carbons (Fsp3) is 0.357. The van der Waals surface area contributed by atoms with Gasteiger partial charge in [0.15, 0.2) is 0 Å². The van der Waals surface area contributed by atoms with E-state index in [1.807, 2.05) is 24.3 Å². The Labute approximate surface area is 130 Å². The number of carbonyl (C=O) groups is 1. The lowest BCUT2D eigenvalue weighted by molar-refractivity contribution is -0.138. The van der Waals surface area contributed by atoms with Crippen molar-refractivity contribution in [3.63, 3.8) is 0 Å². The van der Waals surface area contributed by atoms with Crippen molar-refractivity contribution in [2.75, 3.05) is 0 Å². The van der Waals surface area contributed by atoms with Gasteiger partial charge in [0.05, 0.1) is 0 Å². The first kappa shape index (κ1) is 15.1. The van der Waals surface area contributed by atoms with Gasteiger partial charge in [0.25, 0.3) is 0 Å². The number of benzene rings is 1. The fourth-order valence-electron chi connectivity index (χ4n) is 1.91. The lowest BCUT2D eigenvalue weighted by Gasteiger charge is -2.09. The van der Waals surface area contributed by atoms with Crippen molar-refractivity contribution in [2.24, 2.45) is 0 Å². The molecule has 0 saturated carbocycles. The van der Waals surface area contributed by atoms with E-state index in [9.17, 15) is 9.90 Å². The molecule has 4 nitrogen and oxygen atoms in total. The Morgan fingerprint density at radius 1 is 1.50 bits per heavy atom. The number of hydrogen-bond donors (Lipinski definition) is 1. The van der Waals surface area contributed by atoms with Gasteiger partial charge in [-0.2, -0.15) is 4.37 Å². The molecule has 0 saturated heterocycles. The summed E-state index contributed by atoms with van der Waals surface area (Å²) in [6.45, 7) is 2.05. The van der Waals surface area contributed by atoms with Gasteiger partial charge < -0.3 is 5.11 Å². The second-order valence-electron chi connectivity index (χ2n) is 4.52. The molecule has 0 fully saturated rings. The summed E-state index contributed by atoms with van der Waals surface area (Å²) in [7, 11) is 0. The van der Waals surface area contributed by atoms with Gasteiger partial charge in [-0.3, -0.25) is 4.79 Å². The first-order valence-electron chi connectivity index (χ1n) is 6.40. The molecule has 2 aromatic rings. The Hall–Kier alpha value is -1.27. The van der Waals surface area contributed by atoms with Gasteiger partial charge in [-0.25, -0.2) is 4.98 Å². The maximum atomic E-state index is 11.5. The van der Waals surface area contributed by atoms with Gasteiger partial charge in [0.2, 0.25) is 0 Å². The van der Waals surface area contributed by atoms with Gasteiger partial charge in [0, 0.05) is 10.9 Å². The smallest absolute Gasteiger partial charge is 0.313 e. The van der Waals surface area contributed by atoms with E-state index in [4.69, 9.17) is 0 Å². The summed E-state index contributed by atoms with van der Waals surface area (Å²) in [6.07, 6.45) is 2.18. The van der Waals surface area contributed by atoms with Crippen molar-refractivity contribution in [2.45, 2.75) is 32.1 Å². The first-order valence-corrected chi connectivity index (χ1v) is 7.96. The van der Waals surface area contributed by atoms with Crippen LogP contribution in [0.25, 0.3) is 0 Å². The van der Waals surface area contributed by atoms with E-state index in [0.717, 1.165) is 28.7 Å². The zero-order valence-electron chi connectivity index (χ0n) is 11.0. The molecule has 6 heteroatoms. The van der Waals surface area contributed by atoms with Crippen LogP contribution in [0, 0.1) is 0 Å². The number of aromatic nitrogens is 2. The summed E-state index contributed by atoms with van der Waals surface area (Å²) in [4.78, 5) is 15.8. The van der Waals surface area contributed by atoms with Crippen LogP contribution in [0.3, 0.4) is 0 Å². The molecule has 2 rings (SSSR count). The predicted octanol–water partition coefficient (Wildman–Crippen LogP) is 3.66. The van der Waals surface area contributed by atoms with Crippen LogP contribution in [0.4, 0.5) is 0 Å². The SMILES string of the molecule is CCCc1nsc(C(Cc2cccc(Br)c2)C(=O)O)n1. The van der Waals surface area contributed by atoms with Crippen LogP contribution in [-0.4, -0.2) is 20.4 Å². The molecule has 20 heavy (non-hydrogen) atoms. The average molecular weight is 355 g/mol. The number of aryl methyl sites for hydroxylation is 1. The quantitative estimate of drug-likeness (QED) is 0.859. The van der Waals surface area contributed by atoms with Crippen LogP contribution in [-0.2, 0) is 17.6 Å². The predicted molar refractivity (Wildman–Crippen MR) is 82.1 cm³/mol. The molecule has 0 aliphatic heterocycles. The fourth-order valence-corrected chi connectivity index (χ4v) is 3.15. The van der Waals surface area contributed by atoms with E-state index in [2.05, 4.69) is 32.2 Å². The van der Waals surface area contributed by atoms with Crippen molar-refractivity contribution in [3.8, 4) is 0 Å². The largest absolute Gasteiger partial charge is 0.481 e. The third-order valence-electron chi connectivity index (χ3n) is 2.88. The number of aliphatic carboxylic acids is 1. The molecule has 1 N–H and O–H groups in total. The van der Waals surface area contributed by atoms with Crippen LogP contribution in [0.2, 0.25) is 0 Å². The molecule has 106 valence electrons. The standard InChI is InChI=1S/C14H15BrN2O2S/c1-2-4-12-16-13(20-17-12)11(14(18)19)8-9-5-3-6-10(15)7-9/h3,5-7,11H,2,4,8H2,1H3,(H,18,19). The molecule has 0 amide bonds. The Morgan fingerprint density at radius 3 is 2.95 bits per heavy atom. The highest BCUT2D eigenvalue weighted by Crippen LogP contribution is 2.24. The molecule has 1 aromatic carbocycles. The van der Waals surface area contributed by atoms with Crippen LogP contribution < -0.4 is 0 Å². The van der Waals surface area contributed by atoms with Crippen LogP contribution in [0.5, 0.6) is 0 Å². The summed E-state index contributed by atoms with van der Waals surface area (Å²) in [5, 5.41) is 10.0. The Bertz CT molecular complexity index is 600. The average Bonchev–Trinajstić information content (AvgIpc) is 2.84. The molecule has 1 unspecified atom stereocenters. The number of rotatable bonds is 6. The zero-order valence-corrected chi connectivity index (χ0v) is 13.4. The summed E-state index contributed by atoms with van der Waals surface area (Å²) >= 11 is 4.59. The summed E-state index contributed by atoms with van der Waals surface area (Å²) in [6, 6.07) is 7.68. The van der Waals surface area contributed by atoms with E-state index in [1.54, 1.807) is 0 Å². The Balaban J connectivity index is 2.20. The lowest BCUT2D eigenvalue weighted by atomic mass is 10.00. The molecule has 0 spiro atoms. The molecule has 1 aromatic heterocycles. The van der Waals surface area contributed by atoms with Gasteiger partial charge >= 0.3 is 5.97 Å². The first-order chi connectivity index (χ1) is 9.60. The van der Waals surface area contributed by atoms with Crippen molar-refractivity contribution in [1.82, 2.24) is 9.36 Å². The minimum atomic E-state index is -0.857. The molecule has 1 atom stereocenters. The normalized spacial score (nSPS) is 12.3. The maximum absolute atomic E-state index is 11.5. The minimum Gasteiger partial charge on any atom is -0.481 e. The number of carboxylic acids is 1. The van der Waals surface area contributed by atoms with Crippen LogP contribution in [0.1, 0.15) is 35.7 Å². The third kappa shape index (κ3) is 3.86.